The number of carbonyl (C=O) groups excluding carboxylic acids is 2. The largest absolute Gasteiger partial charge is 0.497 e. The van der Waals surface area contributed by atoms with Crippen LogP contribution in [0.15, 0.2) is 24.3 Å². The number of hydrogen-bond acceptors (Lipinski definition) is 5. The van der Waals surface area contributed by atoms with Crippen molar-refractivity contribution in [2.45, 2.75) is 38.9 Å². The summed E-state index contributed by atoms with van der Waals surface area (Å²) in [5.74, 6) is -1.51. The van der Waals surface area contributed by atoms with Gasteiger partial charge in [-0.15, -0.1) is 0 Å². The molecule has 6 heteroatoms. The van der Waals surface area contributed by atoms with Crippen LogP contribution in [0.1, 0.15) is 38.1 Å². The van der Waals surface area contributed by atoms with Crippen LogP contribution in [0.3, 0.4) is 0 Å². The van der Waals surface area contributed by atoms with Crippen LogP contribution in [0.4, 0.5) is 0 Å². The third-order valence-corrected chi connectivity index (χ3v) is 3.95. The van der Waals surface area contributed by atoms with Crippen molar-refractivity contribution in [1.82, 2.24) is 0 Å². The Morgan fingerprint density at radius 1 is 1.18 bits per heavy atom. The highest BCUT2D eigenvalue weighted by atomic mass is 16.7. The van der Waals surface area contributed by atoms with E-state index in [1.165, 1.54) is 0 Å². The summed E-state index contributed by atoms with van der Waals surface area (Å²) < 4.78 is 16.4. The predicted molar refractivity (Wildman–Crippen MR) is 82.8 cm³/mol. The van der Waals surface area contributed by atoms with E-state index in [0.29, 0.717) is 0 Å². The van der Waals surface area contributed by atoms with Gasteiger partial charge in [-0.1, -0.05) is 24.3 Å². The molecule has 1 fully saturated rings. The maximum Gasteiger partial charge on any atom is 0.497 e. The standard InChI is InChI=1S/C16H20BO5/c1-6-20-14(19)13(18)11-7-9-12(10-8-11)17-21-15(2,3)16(4,5)22-17/h7-10H,2,6H2,1,3-5H3/q+1. The van der Waals surface area contributed by atoms with Crippen LogP contribution in [0, 0.1) is 6.92 Å². The number of benzene rings is 1. The minimum atomic E-state index is -0.852. The fourth-order valence-electron chi connectivity index (χ4n) is 2.04. The van der Waals surface area contributed by atoms with Gasteiger partial charge >= 0.3 is 13.1 Å². The van der Waals surface area contributed by atoms with Gasteiger partial charge in [0.15, 0.2) is 0 Å². The second-order valence-electron chi connectivity index (χ2n) is 5.98. The van der Waals surface area contributed by atoms with Gasteiger partial charge in [0.2, 0.25) is 5.60 Å². The van der Waals surface area contributed by atoms with Gasteiger partial charge in [-0.25, -0.2) is 4.79 Å². The third kappa shape index (κ3) is 3.03. The van der Waals surface area contributed by atoms with E-state index in [2.05, 4.69) is 6.92 Å². The molecule has 0 bridgehead atoms. The summed E-state index contributed by atoms with van der Waals surface area (Å²) >= 11 is 0. The number of carbonyl (C=O) groups is 2. The van der Waals surface area contributed by atoms with E-state index in [1.54, 1.807) is 31.2 Å². The van der Waals surface area contributed by atoms with Gasteiger partial charge in [0, 0.05) is 12.5 Å². The minimum Gasteiger partial charge on any atom is -0.460 e. The fourth-order valence-corrected chi connectivity index (χ4v) is 2.04. The molecule has 0 spiro atoms. The summed E-state index contributed by atoms with van der Waals surface area (Å²) in [6, 6.07) is 6.53. The van der Waals surface area contributed by atoms with Crippen molar-refractivity contribution in [3.05, 3.63) is 36.8 Å². The topological polar surface area (TPSA) is 61.8 Å². The lowest BCUT2D eigenvalue weighted by Gasteiger charge is -2.25. The van der Waals surface area contributed by atoms with E-state index in [4.69, 9.17) is 14.0 Å². The molecule has 1 unspecified atom stereocenters. The molecule has 0 saturated carbocycles. The quantitative estimate of drug-likeness (QED) is 0.278. The second kappa shape index (κ2) is 5.78. The van der Waals surface area contributed by atoms with Crippen LogP contribution in [0.2, 0.25) is 0 Å². The average Bonchev–Trinajstić information content (AvgIpc) is 2.67. The monoisotopic (exact) mass is 303 g/mol. The van der Waals surface area contributed by atoms with Crippen LogP contribution < -0.4 is 5.46 Å². The number of Topliss-reactive ketones (excluding diaryl/α,β-unsaturated/α-hetero) is 1. The van der Waals surface area contributed by atoms with Crippen molar-refractivity contribution in [3.63, 3.8) is 0 Å². The Kier molecular flexibility index (Phi) is 4.36. The van der Waals surface area contributed by atoms with E-state index in [0.717, 1.165) is 5.46 Å². The molecule has 22 heavy (non-hydrogen) atoms. The summed E-state index contributed by atoms with van der Waals surface area (Å²) in [6.45, 7) is 11.5. The highest BCUT2D eigenvalue weighted by molar-refractivity contribution is 6.62. The average molecular weight is 303 g/mol. The summed E-state index contributed by atoms with van der Waals surface area (Å²) in [7, 11) is -0.552. The van der Waals surface area contributed by atoms with Gasteiger partial charge in [0.25, 0.3) is 5.78 Å². The molecule has 0 radical (unpaired) electrons. The maximum absolute atomic E-state index is 11.8. The van der Waals surface area contributed by atoms with E-state index < -0.39 is 30.1 Å². The third-order valence-electron chi connectivity index (χ3n) is 3.95. The lowest BCUT2D eigenvalue weighted by atomic mass is 9.78. The number of ketones is 1. The molecule has 1 aliphatic heterocycles. The van der Waals surface area contributed by atoms with Crippen molar-refractivity contribution in [2.24, 2.45) is 0 Å². The summed E-state index contributed by atoms with van der Waals surface area (Å²) in [5.41, 5.74) is -0.161. The zero-order valence-corrected chi connectivity index (χ0v) is 13.3. The summed E-state index contributed by atoms with van der Waals surface area (Å²) in [4.78, 5) is 23.3. The predicted octanol–water partition coefficient (Wildman–Crippen LogP) is 1.55. The molecule has 1 aromatic rings. The normalized spacial score (nSPS) is 23.4. The highest BCUT2D eigenvalue weighted by Gasteiger charge is 2.57. The Hall–Kier alpha value is -1.79. The van der Waals surface area contributed by atoms with Crippen LogP contribution >= 0.6 is 0 Å². The molecule has 1 heterocycles. The molecule has 1 aromatic carbocycles. The van der Waals surface area contributed by atoms with Crippen LogP contribution in [-0.4, -0.2) is 36.7 Å². The Balaban J connectivity index is 2.14. The highest BCUT2D eigenvalue weighted by Crippen LogP contribution is 2.36. The van der Waals surface area contributed by atoms with Gasteiger partial charge in [-0.2, -0.15) is 0 Å². The molecular formula is C16H20BO5+. The first-order valence-electron chi connectivity index (χ1n) is 7.20. The first kappa shape index (κ1) is 16.6. The van der Waals surface area contributed by atoms with Gasteiger partial charge in [-0.05, 0) is 26.2 Å². The molecule has 5 nitrogen and oxygen atoms in total. The van der Waals surface area contributed by atoms with Crippen molar-refractivity contribution in [3.8, 4) is 0 Å². The Bertz CT molecular complexity index is 561. The molecule has 2 rings (SSSR count). The Morgan fingerprint density at radius 2 is 1.77 bits per heavy atom. The van der Waals surface area contributed by atoms with Crippen LogP contribution in [-0.2, 0) is 18.8 Å². The molecule has 1 saturated heterocycles. The number of ether oxygens (including phenoxy) is 1. The van der Waals surface area contributed by atoms with E-state index in [9.17, 15) is 9.59 Å². The van der Waals surface area contributed by atoms with Crippen molar-refractivity contribution in [1.29, 1.82) is 0 Å². The first-order valence-corrected chi connectivity index (χ1v) is 7.20. The first-order chi connectivity index (χ1) is 10.2. The molecule has 116 valence electrons. The Morgan fingerprint density at radius 3 is 2.23 bits per heavy atom. The van der Waals surface area contributed by atoms with Gasteiger partial charge < -0.3 is 14.0 Å². The number of esters is 1. The minimum absolute atomic E-state index is 0.170. The second-order valence-corrected chi connectivity index (χ2v) is 5.98. The lowest BCUT2D eigenvalue weighted by molar-refractivity contribution is -0.137. The SMILES string of the molecule is [CH2+]C1(C)OB(c2ccc(C(=O)C(=O)OCC)cc2)OC1(C)C. The maximum atomic E-state index is 11.8. The van der Waals surface area contributed by atoms with Crippen molar-refractivity contribution >= 4 is 24.3 Å². The van der Waals surface area contributed by atoms with Gasteiger partial charge in [0.1, 0.15) is 5.60 Å². The number of rotatable bonds is 4. The summed E-state index contributed by atoms with van der Waals surface area (Å²) in [5, 5.41) is 0. The zero-order chi connectivity index (χ0) is 16.5. The fraction of sp³-hybridized carbons (Fsp3) is 0.438. The molecule has 1 aliphatic rings. The van der Waals surface area contributed by atoms with Crippen molar-refractivity contribution in [2.75, 3.05) is 6.61 Å². The molecular weight excluding hydrogens is 283 g/mol. The molecule has 0 aliphatic carbocycles. The lowest BCUT2D eigenvalue weighted by Crippen LogP contribution is -2.42. The zero-order valence-electron chi connectivity index (χ0n) is 13.3. The summed E-state index contributed by atoms with van der Waals surface area (Å²) in [6.07, 6.45) is 0. The van der Waals surface area contributed by atoms with Crippen molar-refractivity contribution < 1.29 is 23.6 Å². The van der Waals surface area contributed by atoms with E-state index in [-0.39, 0.29) is 12.2 Å². The van der Waals surface area contributed by atoms with Crippen LogP contribution in [0.25, 0.3) is 0 Å². The molecule has 0 amide bonds. The smallest absolute Gasteiger partial charge is 0.460 e. The molecule has 1 atom stereocenters. The Labute approximate surface area is 131 Å². The molecule has 0 aromatic heterocycles. The van der Waals surface area contributed by atoms with Crippen LogP contribution in [0.5, 0.6) is 0 Å². The van der Waals surface area contributed by atoms with E-state index >= 15 is 0 Å². The number of hydrogen-bond donors (Lipinski definition) is 0. The van der Waals surface area contributed by atoms with E-state index in [1.807, 2.05) is 20.8 Å². The van der Waals surface area contributed by atoms with Gasteiger partial charge in [0.05, 0.1) is 13.5 Å². The molecule has 0 N–H and O–H groups in total. The van der Waals surface area contributed by atoms with Gasteiger partial charge in [-0.3, -0.25) is 4.79 Å².